The van der Waals surface area contributed by atoms with Crippen LogP contribution in [0.5, 0.6) is 0 Å². The number of fused-ring (bicyclic) bond motifs is 2. The molecule has 5 N–H and O–H groups in total. The lowest BCUT2D eigenvalue weighted by Gasteiger charge is -2.36. The number of carbonyl (C=O) groups is 3. The Morgan fingerprint density at radius 2 is 1.50 bits per heavy atom. The minimum absolute atomic E-state index is 0.0516. The molecular weight excluding hydrogens is 683 g/mol. The standard InChI is InChI=1S/C41H47N9O4/c1-54-41(53)48-36(24-8-3-9-24)40(52)50-17-4-10-33(50)37-44-22-32(47-37)26-13-12-25-19-30(43-21-28(25)18-26)27-14-15-29-31(20-27)46-38(45-29)34-11-5-16-49(34)39(51)35(42)23-6-2-7-23/h12-15,18-24,33-36H,2-11,16-17,42H2,1H3,(H,44,47)(H,45,46)(H,48,53)/t33-,34-,35-,36-/m0/s1. The summed E-state index contributed by atoms with van der Waals surface area (Å²) < 4.78 is 4.83. The zero-order chi connectivity index (χ0) is 36.9. The highest BCUT2D eigenvalue weighted by Crippen LogP contribution is 2.38. The number of ether oxygens (including phenoxy) is 1. The minimum Gasteiger partial charge on any atom is -0.453 e. The molecule has 5 aromatic rings. The third kappa shape index (κ3) is 6.27. The van der Waals surface area contributed by atoms with Gasteiger partial charge in [-0.2, -0.15) is 0 Å². The van der Waals surface area contributed by atoms with E-state index in [1.807, 2.05) is 34.3 Å². The number of nitrogens with zero attached hydrogens (tertiary/aromatic N) is 5. The number of imidazole rings is 2. The number of H-pyrrole nitrogens is 2. The lowest BCUT2D eigenvalue weighted by Crippen LogP contribution is -2.53. The Kier molecular flexibility index (Phi) is 9.04. The second-order valence-corrected chi connectivity index (χ2v) is 15.6. The third-order valence-corrected chi connectivity index (χ3v) is 12.4. The van der Waals surface area contributed by atoms with Gasteiger partial charge in [0, 0.05) is 35.8 Å². The lowest BCUT2D eigenvalue weighted by atomic mass is 9.79. The number of rotatable bonds is 9. The number of carbonyl (C=O) groups excluding carboxylic acids is 3. The highest BCUT2D eigenvalue weighted by atomic mass is 16.5. The molecule has 280 valence electrons. The van der Waals surface area contributed by atoms with Gasteiger partial charge in [-0.25, -0.2) is 14.8 Å². The van der Waals surface area contributed by atoms with E-state index in [0.29, 0.717) is 12.5 Å². The molecule has 4 fully saturated rings. The van der Waals surface area contributed by atoms with Crippen LogP contribution < -0.4 is 11.1 Å². The van der Waals surface area contributed by atoms with E-state index in [4.69, 9.17) is 25.4 Å². The number of amides is 3. The Morgan fingerprint density at radius 1 is 0.778 bits per heavy atom. The van der Waals surface area contributed by atoms with Gasteiger partial charge in [-0.15, -0.1) is 0 Å². The van der Waals surface area contributed by atoms with Gasteiger partial charge >= 0.3 is 6.09 Å². The largest absolute Gasteiger partial charge is 0.453 e. The average Bonchev–Trinajstić information content (AvgIpc) is 3.97. The molecule has 2 aliphatic heterocycles. The summed E-state index contributed by atoms with van der Waals surface area (Å²) in [6, 6.07) is 13.2. The van der Waals surface area contributed by atoms with Crippen LogP contribution in [0.3, 0.4) is 0 Å². The summed E-state index contributed by atoms with van der Waals surface area (Å²) in [6.45, 7) is 1.34. The smallest absolute Gasteiger partial charge is 0.407 e. The Hall–Kier alpha value is -5.30. The van der Waals surface area contributed by atoms with Crippen molar-refractivity contribution in [2.45, 2.75) is 88.4 Å². The number of aromatic nitrogens is 5. The van der Waals surface area contributed by atoms with Gasteiger partial charge in [0.15, 0.2) is 0 Å². The predicted molar refractivity (Wildman–Crippen MR) is 204 cm³/mol. The van der Waals surface area contributed by atoms with E-state index in [-0.39, 0.29) is 29.8 Å². The first-order chi connectivity index (χ1) is 26.3. The Balaban J connectivity index is 0.909. The average molecular weight is 730 g/mol. The quantitative estimate of drug-likeness (QED) is 0.140. The number of methoxy groups -OCH3 is 1. The van der Waals surface area contributed by atoms with Crippen molar-refractivity contribution in [3.63, 3.8) is 0 Å². The van der Waals surface area contributed by atoms with Gasteiger partial charge in [-0.1, -0.05) is 31.0 Å². The maximum absolute atomic E-state index is 13.8. The van der Waals surface area contributed by atoms with Crippen molar-refractivity contribution < 1.29 is 19.1 Å². The van der Waals surface area contributed by atoms with Gasteiger partial charge in [0.05, 0.1) is 53.9 Å². The molecule has 3 aromatic heterocycles. The van der Waals surface area contributed by atoms with Crippen LogP contribution in [-0.4, -0.2) is 84.9 Å². The molecule has 13 nitrogen and oxygen atoms in total. The monoisotopic (exact) mass is 729 g/mol. The number of benzene rings is 2. The molecule has 2 aliphatic carbocycles. The van der Waals surface area contributed by atoms with Crippen LogP contribution in [0.25, 0.3) is 44.3 Å². The number of aromatic amines is 2. The van der Waals surface area contributed by atoms with Crippen LogP contribution in [0, 0.1) is 11.8 Å². The summed E-state index contributed by atoms with van der Waals surface area (Å²) >= 11 is 0. The highest BCUT2D eigenvalue weighted by molar-refractivity contribution is 5.90. The van der Waals surface area contributed by atoms with E-state index in [9.17, 15) is 14.4 Å². The second-order valence-electron chi connectivity index (χ2n) is 15.6. The van der Waals surface area contributed by atoms with Gasteiger partial charge in [-0.05, 0) is 92.9 Å². The van der Waals surface area contributed by atoms with E-state index < -0.39 is 18.2 Å². The van der Waals surface area contributed by atoms with Crippen LogP contribution in [0.2, 0.25) is 0 Å². The van der Waals surface area contributed by atoms with E-state index in [0.717, 1.165) is 127 Å². The normalized spacial score (nSPS) is 21.6. The van der Waals surface area contributed by atoms with Crippen LogP contribution in [0.4, 0.5) is 4.79 Å². The van der Waals surface area contributed by atoms with Crippen LogP contribution in [0.1, 0.15) is 87.9 Å². The van der Waals surface area contributed by atoms with E-state index >= 15 is 0 Å². The van der Waals surface area contributed by atoms with Crippen molar-refractivity contribution in [1.82, 2.24) is 40.0 Å². The van der Waals surface area contributed by atoms with Gasteiger partial charge in [-0.3, -0.25) is 14.6 Å². The topological polar surface area (TPSA) is 175 Å². The van der Waals surface area contributed by atoms with Crippen molar-refractivity contribution >= 4 is 39.7 Å². The molecule has 4 atom stereocenters. The third-order valence-electron chi connectivity index (χ3n) is 12.4. The molecule has 0 unspecified atom stereocenters. The maximum Gasteiger partial charge on any atom is 0.407 e. The number of nitrogens with two attached hydrogens (primary N) is 1. The fourth-order valence-corrected chi connectivity index (χ4v) is 8.81. The number of hydrogen-bond acceptors (Lipinski definition) is 8. The van der Waals surface area contributed by atoms with Gasteiger partial charge in [0.1, 0.15) is 17.7 Å². The van der Waals surface area contributed by atoms with E-state index in [1.165, 1.54) is 7.11 Å². The number of pyridine rings is 1. The fourth-order valence-electron chi connectivity index (χ4n) is 8.81. The van der Waals surface area contributed by atoms with Crippen LogP contribution >= 0.6 is 0 Å². The second kappa shape index (κ2) is 14.2. The number of hydrogen-bond donors (Lipinski definition) is 4. The zero-order valence-corrected chi connectivity index (χ0v) is 30.6. The van der Waals surface area contributed by atoms with Gasteiger partial charge < -0.3 is 35.6 Å². The summed E-state index contributed by atoms with van der Waals surface area (Å²) in [5, 5.41) is 4.86. The van der Waals surface area contributed by atoms with Crippen molar-refractivity contribution in [3.8, 4) is 22.5 Å². The highest BCUT2D eigenvalue weighted by Gasteiger charge is 2.42. The first kappa shape index (κ1) is 34.5. The first-order valence-corrected chi connectivity index (χ1v) is 19.5. The molecule has 5 heterocycles. The lowest BCUT2D eigenvalue weighted by molar-refractivity contribution is -0.137. The van der Waals surface area contributed by atoms with Crippen molar-refractivity contribution in [2.24, 2.45) is 17.6 Å². The molecule has 13 heteroatoms. The molecular formula is C41H47N9O4. The number of nitrogens with one attached hydrogen (secondary N) is 3. The van der Waals surface area contributed by atoms with E-state index in [2.05, 4.69) is 45.6 Å². The fraction of sp³-hybridized carbons (Fsp3) is 0.463. The summed E-state index contributed by atoms with van der Waals surface area (Å²) in [4.78, 5) is 64.5. The SMILES string of the molecule is COC(=O)N[C@H](C(=O)N1CCC[C@H]1c1ncc(-c2ccc3cc(-c4ccc5nc([C@@H]6CCCN6C(=O)[C@@H](N)C6CCC6)[nH]c5c4)ncc3c2)[nH]1)C1CCC1. The molecule has 0 bridgehead atoms. The molecule has 0 spiro atoms. The molecule has 0 radical (unpaired) electrons. The molecule has 9 rings (SSSR count). The number of alkyl carbamates (subject to hydrolysis) is 1. The molecule has 54 heavy (non-hydrogen) atoms. The number of likely N-dealkylation sites (tertiary alicyclic amines) is 2. The van der Waals surface area contributed by atoms with Crippen LogP contribution in [0.15, 0.2) is 54.9 Å². The maximum atomic E-state index is 13.8. The summed E-state index contributed by atoms with van der Waals surface area (Å²) in [7, 11) is 1.32. The van der Waals surface area contributed by atoms with Crippen molar-refractivity contribution in [1.29, 1.82) is 0 Å². The summed E-state index contributed by atoms with van der Waals surface area (Å²) in [5.41, 5.74) is 11.9. The molecule has 2 saturated carbocycles. The summed E-state index contributed by atoms with van der Waals surface area (Å²) in [6.07, 6.45) is 12.8. The Morgan fingerprint density at radius 3 is 2.22 bits per heavy atom. The predicted octanol–water partition coefficient (Wildman–Crippen LogP) is 6.15. The zero-order valence-electron chi connectivity index (χ0n) is 30.6. The molecule has 2 saturated heterocycles. The van der Waals surface area contributed by atoms with E-state index in [1.54, 1.807) is 0 Å². The molecule has 2 aromatic carbocycles. The van der Waals surface area contributed by atoms with Crippen molar-refractivity contribution in [2.75, 3.05) is 20.2 Å². The minimum atomic E-state index is -0.585. The molecule has 4 aliphatic rings. The van der Waals surface area contributed by atoms with Gasteiger partial charge in [0.2, 0.25) is 11.8 Å². The Labute approximate surface area is 313 Å². The summed E-state index contributed by atoms with van der Waals surface area (Å²) in [5.74, 6) is 1.98. The van der Waals surface area contributed by atoms with Gasteiger partial charge in [0.25, 0.3) is 0 Å². The van der Waals surface area contributed by atoms with Crippen molar-refractivity contribution in [3.05, 3.63) is 66.5 Å². The first-order valence-electron chi connectivity index (χ1n) is 19.5. The van der Waals surface area contributed by atoms with Crippen LogP contribution in [-0.2, 0) is 14.3 Å². The molecule has 3 amide bonds. The Bertz CT molecular complexity index is 2220.